The maximum absolute atomic E-state index is 12.2. The van der Waals surface area contributed by atoms with E-state index in [4.69, 9.17) is 21.6 Å². The van der Waals surface area contributed by atoms with Crippen LogP contribution in [0.1, 0.15) is 27.0 Å². The number of carbonyl (C=O) groups excluding carboxylic acids is 1. The largest absolute Gasteiger partial charge is 0.488 e. The van der Waals surface area contributed by atoms with Gasteiger partial charge in [-0.15, -0.1) is 0 Å². The third kappa shape index (κ3) is 6.04. The molecule has 3 aromatic carbocycles. The maximum Gasteiger partial charge on any atom is 0.271 e. The molecule has 1 amide bonds. The van der Waals surface area contributed by atoms with Crippen LogP contribution >= 0.6 is 34.2 Å². The summed E-state index contributed by atoms with van der Waals surface area (Å²) in [5.41, 5.74) is 5.17. The van der Waals surface area contributed by atoms with Crippen LogP contribution in [0, 0.1) is 14.9 Å². The molecule has 0 aromatic heterocycles. The first-order chi connectivity index (χ1) is 14.0. The van der Waals surface area contributed by atoms with Gasteiger partial charge in [-0.2, -0.15) is 10.4 Å². The molecule has 3 rings (SSSR count). The van der Waals surface area contributed by atoms with Crippen LogP contribution in [0.5, 0.6) is 5.75 Å². The van der Waals surface area contributed by atoms with Crippen molar-refractivity contribution < 1.29 is 9.53 Å². The van der Waals surface area contributed by atoms with Gasteiger partial charge in [0.2, 0.25) is 0 Å². The van der Waals surface area contributed by atoms with Gasteiger partial charge in [-0.05, 0) is 82.8 Å². The molecule has 0 bridgehead atoms. The average Bonchev–Trinajstić information content (AvgIpc) is 2.74. The summed E-state index contributed by atoms with van der Waals surface area (Å²) in [6, 6.07) is 21.6. The highest BCUT2D eigenvalue weighted by Crippen LogP contribution is 2.22. The molecule has 29 heavy (non-hydrogen) atoms. The van der Waals surface area contributed by atoms with Gasteiger partial charge in [-0.1, -0.05) is 23.7 Å². The Morgan fingerprint density at radius 3 is 2.55 bits per heavy atom. The lowest BCUT2D eigenvalue weighted by Crippen LogP contribution is -2.17. The summed E-state index contributed by atoms with van der Waals surface area (Å²) in [7, 11) is 0. The van der Waals surface area contributed by atoms with Crippen molar-refractivity contribution in [3.8, 4) is 11.8 Å². The highest BCUT2D eigenvalue weighted by Gasteiger charge is 2.06. The van der Waals surface area contributed by atoms with Crippen molar-refractivity contribution in [3.63, 3.8) is 0 Å². The molecular formula is C22H15ClIN3O2. The zero-order chi connectivity index (χ0) is 20.6. The van der Waals surface area contributed by atoms with Crippen LogP contribution in [0.25, 0.3) is 0 Å². The molecule has 0 spiro atoms. The number of nitriles is 1. The van der Waals surface area contributed by atoms with Crippen LogP contribution in [0.15, 0.2) is 71.8 Å². The van der Waals surface area contributed by atoms with Crippen molar-refractivity contribution in [1.29, 1.82) is 5.26 Å². The lowest BCUT2D eigenvalue weighted by Gasteiger charge is -2.10. The van der Waals surface area contributed by atoms with E-state index in [1.54, 1.807) is 42.5 Å². The first-order valence-electron chi connectivity index (χ1n) is 8.55. The molecule has 0 saturated carbocycles. The van der Waals surface area contributed by atoms with E-state index in [0.717, 1.165) is 9.13 Å². The van der Waals surface area contributed by atoms with Crippen LogP contribution < -0.4 is 10.2 Å². The minimum Gasteiger partial charge on any atom is -0.488 e. The summed E-state index contributed by atoms with van der Waals surface area (Å²) in [5, 5.41) is 13.4. The van der Waals surface area contributed by atoms with Crippen molar-refractivity contribution >= 4 is 46.3 Å². The number of nitrogens with one attached hydrogen (secondary N) is 1. The monoisotopic (exact) mass is 515 g/mol. The standard InChI is InChI=1S/C22H15ClIN3O2/c23-19-7-10-21(29-14-16-3-1-15(12-25)2-4-16)18(11-19)13-26-27-22(28)17-5-8-20(24)9-6-17/h1-11,13H,14H2,(H,27,28)/b26-13-. The van der Waals surface area contributed by atoms with Crippen LogP contribution in [-0.4, -0.2) is 12.1 Å². The molecule has 7 heteroatoms. The molecule has 0 unspecified atom stereocenters. The van der Waals surface area contributed by atoms with Gasteiger partial charge in [0.1, 0.15) is 12.4 Å². The highest BCUT2D eigenvalue weighted by molar-refractivity contribution is 14.1. The van der Waals surface area contributed by atoms with E-state index in [9.17, 15) is 4.79 Å². The Kier molecular flexibility index (Phi) is 7.22. The Bertz CT molecular complexity index is 1070. The van der Waals surface area contributed by atoms with E-state index in [0.29, 0.717) is 34.1 Å². The third-order valence-corrected chi connectivity index (χ3v) is 4.88. The Labute approximate surface area is 187 Å². The topological polar surface area (TPSA) is 74.5 Å². The van der Waals surface area contributed by atoms with Crippen molar-refractivity contribution in [2.75, 3.05) is 0 Å². The predicted molar refractivity (Wildman–Crippen MR) is 121 cm³/mol. The van der Waals surface area contributed by atoms with Crippen LogP contribution in [0.3, 0.4) is 0 Å². The fraction of sp³-hybridized carbons (Fsp3) is 0.0455. The third-order valence-electron chi connectivity index (χ3n) is 3.93. The molecule has 0 aliphatic heterocycles. The molecule has 0 saturated heterocycles. The van der Waals surface area contributed by atoms with Gasteiger partial charge >= 0.3 is 0 Å². The number of halogens is 2. The fourth-order valence-corrected chi connectivity index (χ4v) is 2.95. The number of hydrogen-bond donors (Lipinski definition) is 1. The molecule has 0 aliphatic carbocycles. The smallest absolute Gasteiger partial charge is 0.271 e. The van der Waals surface area contributed by atoms with Crippen LogP contribution in [0.4, 0.5) is 0 Å². The Morgan fingerprint density at radius 2 is 1.86 bits per heavy atom. The van der Waals surface area contributed by atoms with Gasteiger partial charge in [0.05, 0.1) is 17.8 Å². The van der Waals surface area contributed by atoms with Crippen molar-refractivity contribution in [3.05, 3.63) is 97.6 Å². The molecule has 0 aliphatic rings. The average molecular weight is 516 g/mol. The first-order valence-corrected chi connectivity index (χ1v) is 10.0. The Hall–Kier alpha value is -2.89. The van der Waals surface area contributed by atoms with E-state index >= 15 is 0 Å². The van der Waals surface area contributed by atoms with Gasteiger partial charge in [0.25, 0.3) is 5.91 Å². The number of nitrogens with zero attached hydrogens (tertiary/aromatic N) is 2. The van der Waals surface area contributed by atoms with Gasteiger partial charge in [0, 0.05) is 19.7 Å². The Balaban J connectivity index is 1.67. The van der Waals surface area contributed by atoms with E-state index in [2.05, 4.69) is 39.2 Å². The number of carbonyl (C=O) groups is 1. The quantitative estimate of drug-likeness (QED) is 0.280. The van der Waals surface area contributed by atoms with Gasteiger partial charge in [0.15, 0.2) is 0 Å². The van der Waals surface area contributed by atoms with Gasteiger partial charge < -0.3 is 4.74 Å². The lowest BCUT2D eigenvalue weighted by atomic mass is 10.1. The molecule has 0 heterocycles. The highest BCUT2D eigenvalue weighted by atomic mass is 127. The second-order valence-corrected chi connectivity index (χ2v) is 7.67. The summed E-state index contributed by atoms with van der Waals surface area (Å²) in [6.45, 7) is 0.323. The molecule has 0 atom stereocenters. The van der Waals surface area contributed by atoms with Crippen molar-refractivity contribution in [1.82, 2.24) is 5.43 Å². The summed E-state index contributed by atoms with van der Waals surface area (Å²) < 4.78 is 6.91. The molecule has 0 radical (unpaired) electrons. The number of rotatable bonds is 6. The summed E-state index contributed by atoms with van der Waals surface area (Å²) in [5.74, 6) is 0.269. The molecule has 5 nitrogen and oxygen atoms in total. The van der Waals surface area contributed by atoms with E-state index in [1.807, 2.05) is 24.3 Å². The Morgan fingerprint density at radius 1 is 1.14 bits per heavy atom. The molecule has 1 N–H and O–H groups in total. The second-order valence-electron chi connectivity index (χ2n) is 5.99. The zero-order valence-electron chi connectivity index (χ0n) is 15.1. The number of amides is 1. The molecule has 144 valence electrons. The second kappa shape index (κ2) is 10.0. The lowest BCUT2D eigenvalue weighted by molar-refractivity contribution is 0.0955. The normalized spacial score (nSPS) is 10.5. The van der Waals surface area contributed by atoms with Crippen LogP contribution in [-0.2, 0) is 6.61 Å². The molecule has 0 fully saturated rings. The van der Waals surface area contributed by atoms with E-state index in [-0.39, 0.29) is 5.91 Å². The fourth-order valence-electron chi connectivity index (χ4n) is 2.41. The number of benzene rings is 3. The maximum atomic E-state index is 12.2. The van der Waals surface area contributed by atoms with Gasteiger partial charge in [-0.25, -0.2) is 5.43 Å². The zero-order valence-corrected chi connectivity index (χ0v) is 18.0. The van der Waals surface area contributed by atoms with Crippen molar-refractivity contribution in [2.45, 2.75) is 6.61 Å². The minimum atomic E-state index is -0.306. The first kappa shape index (κ1) is 20.8. The van der Waals surface area contributed by atoms with Crippen molar-refractivity contribution in [2.24, 2.45) is 5.10 Å². The van der Waals surface area contributed by atoms with E-state index < -0.39 is 0 Å². The molecule has 3 aromatic rings. The van der Waals surface area contributed by atoms with E-state index in [1.165, 1.54) is 6.21 Å². The number of ether oxygens (including phenoxy) is 1. The predicted octanol–water partition coefficient (Wildman–Crippen LogP) is 5.16. The van der Waals surface area contributed by atoms with Gasteiger partial charge in [-0.3, -0.25) is 4.79 Å². The SMILES string of the molecule is N#Cc1ccc(COc2ccc(Cl)cc2/C=N\NC(=O)c2ccc(I)cc2)cc1. The minimum absolute atomic E-state index is 0.306. The summed E-state index contributed by atoms with van der Waals surface area (Å²) in [6.07, 6.45) is 1.49. The summed E-state index contributed by atoms with van der Waals surface area (Å²) >= 11 is 8.26. The summed E-state index contributed by atoms with van der Waals surface area (Å²) in [4.78, 5) is 12.2. The number of hydrazone groups is 1. The number of hydrogen-bond acceptors (Lipinski definition) is 4. The van der Waals surface area contributed by atoms with Crippen LogP contribution in [0.2, 0.25) is 5.02 Å². The molecular weight excluding hydrogens is 501 g/mol.